The molecule has 1 saturated carbocycles. The van der Waals surface area contributed by atoms with E-state index in [1.807, 2.05) is 19.1 Å². The number of aromatic nitrogens is 1. The van der Waals surface area contributed by atoms with E-state index in [9.17, 15) is 14.4 Å². The van der Waals surface area contributed by atoms with Crippen molar-refractivity contribution in [2.24, 2.45) is 0 Å². The van der Waals surface area contributed by atoms with E-state index in [-0.39, 0.29) is 6.04 Å². The van der Waals surface area contributed by atoms with E-state index in [1.165, 1.54) is 18.7 Å². The standard InChI is InChI=1S/C21H25N3O5S/c1-13-11-16(29-24-13)12-30-18-10-6-5-9-17(18)20(26)28-14(2)19(25)23-21(27)22-15-7-3-4-8-15/h5-6,9-11,14-15H,3-4,7-8,12H2,1-2H3,(H2,22,23,25,27). The minimum absolute atomic E-state index is 0.0905. The van der Waals surface area contributed by atoms with Crippen LogP contribution in [0.4, 0.5) is 4.79 Å². The summed E-state index contributed by atoms with van der Waals surface area (Å²) < 4.78 is 10.5. The fourth-order valence-corrected chi connectivity index (χ4v) is 4.09. The molecule has 1 heterocycles. The normalized spacial score (nSPS) is 14.9. The summed E-state index contributed by atoms with van der Waals surface area (Å²) >= 11 is 1.41. The van der Waals surface area contributed by atoms with E-state index >= 15 is 0 Å². The summed E-state index contributed by atoms with van der Waals surface area (Å²) in [7, 11) is 0. The van der Waals surface area contributed by atoms with Crippen molar-refractivity contribution in [3.05, 3.63) is 47.3 Å². The van der Waals surface area contributed by atoms with Crippen molar-refractivity contribution in [1.82, 2.24) is 15.8 Å². The monoisotopic (exact) mass is 431 g/mol. The molecule has 3 amide bonds. The van der Waals surface area contributed by atoms with E-state index in [2.05, 4.69) is 15.8 Å². The zero-order valence-corrected chi connectivity index (χ0v) is 17.8. The van der Waals surface area contributed by atoms with Crippen molar-refractivity contribution in [1.29, 1.82) is 0 Å². The summed E-state index contributed by atoms with van der Waals surface area (Å²) in [5, 5.41) is 8.84. The van der Waals surface area contributed by atoms with Gasteiger partial charge < -0.3 is 14.6 Å². The minimum atomic E-state index is -1.11. The third kappa shape index (κ3) is 6.09. The Kier molecular flexibility index (Phi) is 7.51. The number of thioether (sulfide) groups is 1. The molecule has 1 aliphatic carbocycles. The first-order valence-corrected chi connectivity index (χ1v) is 10.9. The van der Waals surface area contributed by atoms with Crippen LogP contribution in [-0.2, 0) is 15.3 Å². The van der Waals surface area contributed by atoms with Gasteiger partial charge in [0.15, 0.2) is 6.10 Å². The summed E-state index contributed by atoms with van der Waals surface area (Å²) in [5.41, 5.74) is 1.13. The first kappa shape index (κ1) is 21.9. The molecule has 0 spiro atoms. The Morgan fingerprint density at radius 3 is 2.70 bits per heavy atom. The van der Waals surface area contributed by atoms with Crippen molar-refractivity contribution in [3.8, 4) is 0 Å². The zero-order chi connectivity index (χ0) is 21.5. The third-order valence-electron chi connectivity index (χ3n) is 4.73. The summed E-state index contributed by atoms with van der Waals surface area (Å²) in [6.07, 6.45) is 2.85. The highest BCUT2D eigenvalue weighted by Gasteiger charge is 2.24. The molecule has 1 aromatic heterocycles. The number of rotatable bonds is 7. The number of hydrogen-bond acceptors (Lipinski definition) is 7. The van der Waals surface area contributed by atoms with Crippen molar-refractivity contribution in [2.75, 3.05) is 0 Å². The Hall–Kier alpha value is -2.81. The Morgan fingerprint density at radius 1 is 1.27 bits per heavy atom. The molecule has 2 N–H and O–H groups in total. The lowest BCUT2D eigenvalue weighted by Gasteiger charge is -2.16. The number of carbonyl (C=O) groups excluding carboxylic acids is 3. The maximum atomic E-state index is 12.6. The Morgan fingerprint density at radius 2 is 2.00 bits per heavy atom. The highest BCUT2D eigenvalue weighted by Crippen LogP contribution is 2.27. The van der Waals surface area contributed by atoms with Gasteiger partial charge in [0, 0.05) is 17.0 Å². The second-order valence-electron chi connectivity index (χ2n) is 7.21. The van der Waals surface area contributed by atoms with Gasteiger partial charge >= 0.3 is 12.0 Å². The second kappa shape index (κ2) is 10.3. The van der Waals surface area contributed by atoms with Gasteiger partial charge in [-0.3, -0.25) is 10.1 Å². The van der Waals surface area contributed by atoms with Crippen LogP contribution in [-0.4, -0.2) is 35.2 Å². The highest BCUT2D eigenvalue weighted by molar-refractivity contribution is 7.98. The van der Waals surface area contributed by atoms with Gasteiger partial charge in [-0.25, -0.2) is 9.59 Å². The SMILES string of the molecule is Cc1cc(CSc2ccccc2C(=O)OC(C)C(=O)NC(=O)NC2CCCC2)on1. The second-order valence-corrected chi connectivity index (χ2v) is 8.23. The molecule has 1 atom stereocenters. The molecule has 160 valence electrons. The number of aryl methyl sites for hydroxylation is 1. The molecular formula is C21H25N3O5S. The van der Waals surface area contributed by atoms with Crippen molar-refractivity contribution < 1.29 is 23.6 Å². The van der Waals surface area contributed by atoms with E-state index in [1.54, 1.807) is 18.2 Å². The van der Waals surface area contributed by atoms with E-state index in [4.69, 9.17) is 9.26 Å². The average Bonchev–Trinajstić information content (AvgIpc) is 3.37. The highest BCUT2D eigenvalue weighted by atomic mass is 32.2. The van der Waals surface area contributed by atoms with Gasteiger partial charge in [0.1, 0.15) is 5.76 Å². The topological polar surface area (TPSA) is 111 Å². The van der Waals surface area contributed by atoms with Crippen molar-refractivity contribution >= 4 is 29.7 Å². The molecule has 1 unspecified atom stereocenters. The number of esters is 1. The lowest BCUT2D eigenvalue weighted by Crippen LogP contribution is -2.47. The fourth-order valence-electron chi connectivity index (χ4n) is 3.18. The smallest absolute Gasteiger partial charge is 0.340 e. The van der Waals surface area contributed by atoms with Crippen LogP contribution in [0.25, 0.3) is 0 Å². The van der Waals surface area contributed by atoms with Crippen LogP contribution in [0.5, 0.6) is 0 Å². The van der Waals surface area contributed by atoms with Crippen LogP contribution < -0.4 is 10.6 Å². The maximum absolute atomic E-state index is 12.6. The molecular weight excluding hydrogens is 406 g/mol. The maximum Gasteiger partial charge on any atom is 0.340 e. The number of imide groups is 1. The van der Waals surface area contributed by atoms with Crippen LogP contribution in [0.1, 0.15) is 54.4 Å². The zero-order valence-electron chi connectivity index (χ0n) is 17.0. The predicted molar refractivity (Wildman–Crippen MR) is 111 cm³/mol. The first-order chi connectivity index (χ1) is 14.4. The van der Waals surface area contributed by atoms with Gasteiger partial charge in [0.2, 0.25) is 0 Å². The van der Waals surface area contributed by atoms with Crippen molar-refractivity contribution in [3.63, 3.8) is 0 Å². The predicted octanol–water partition coefficient (Wildman–Crippen LogP) is 3.59. The third-order valence-corrected chi connectivity index (χ3v) is 5.83. The van der Waals surface area contributed by atoms with Crippen LogP contribution in [0.15, 0.2) is 39.8 Å². The largest absolute Gasteiger partial charge is 0.449 e. The van der Waals surface area contributed by atoms with Gasteiger partial charge in [-0.2, -0.15) is 0 Å². The number of urea groups is 1. The lowest BCUT2D eigenvalue weighted by atomic mass is 10.2. The molecule has 3 rings (SSSR count). The van der Waals surface area contributed by atoms with Crippen LogP contribution >= 0.6 is 11.8 Å². The van der Waals surface area contributed by atoms with Gasteiger partial charge in [-0.15, -0.1) is 11.8 Å². The number of carbonyl (C=O) groups is 3. The number of nitrogens with zero attached hydrogens (tertiary/aromatic N) is 1. The Labute approximate surface area is 179 Å². The molecule has 0 saturated heterocycles. The number of ether oxygens (including phenoxy) is 1. The van der Waals surface area contributed by atoms with Crippen molar-refractivity contribution in [2.45, 2.75) is 62.3 Å². The van der Waals surface area contributed by atoms with Crippen LogP contribution in [0.2, 0.25) is 0 Å². The van der Waals surface area contributed by atoms with E-state index in [0.29, 0.717) is 22.0 Å². The average molecular weight is 432 g/mol. The number of amides is 3. The quantitative estimate of drug-likeness (QED) is 0.509. The van der Waals surface area contributed by atoms with Crippen LogP contribution in [0, 0.1) is 6.92 Å². The Balaban J connectivity index is 1.54. The molecule has 0 aliphatic heterocycles. The molecule has 1 aromatic carbocycles. The first-order valence-electron chi connectivity index (χ1n) is 9.88. The van der Waals surface area contributed by atoms with Gasteiger partial charge in [-0.1, -0.05) is 30.1 Å². The van der Waals surface area contributed by atoms with Gasteiger partial charge in [-0.05, 0) is 38.8 Å². The summed E-state index contributed by atoms with van der Waals surface area (Å²) in [5.74, 6) is -0.101. The molecule has 9 heteroatoms. The van der Waals surface area contributed by atoms with E-state index < -0.39 is 24.0 Å². The van der Waals surface area contributed by atoms with Gasteiger partial charge in [0.05, 0.1) is 17.0 Å². The number of nitrogens with one attached hydrogen (secondary N) is 2. The molecule has 0 bridgehead atoms. The number of hydrogen-bond donors (Lipinski definition) is 2. The molecule has 1 aliphatic rings. The lowest BCUT2D eigenvalue weighted by molar-refractivity contribution is -0.127. The van der Waals surface area contributed by atoms with E-state index in [0.717, 1.165) is 31.4 Å². The Bertz CT molecular complexity index is 908. The molecule has 0 radical (unpaired) electrons. The fraction of sp³-hybridized carbons (Fsp3) is 0.429. The number of benzene rings is 1. The molecule has 30 heavy (non-hydrogen) atoms. The molecule has 2 aromatic rings. The summed E-state index contributed by atoms with van der Waals surface area (Å²) in [6.45, 7) is 3.27. The summed E-state index contributed by atoms with van der Waals surface area (Å²) in [4.78, 5) is 37.5. The molecule has 1 fully saturated rings. The minimum Gasteiger partial charge on any atom is -0.449 e. The molecule has 8 nitrogen and oxygen atoms in total. The van der Waals surface area contributed by atoms with Gasteiger partial charge in [0.25, 0.3) is 5.91 Å². The summed E-state index contributed by atoms with van der Waals surface area (Å²) in [6, 6.07) is 8.32. The van der Waals surface area contributed by atoms with Crippen LogP contribution in [0.3, 0.4) is 0 Å².